The summed E-state index contributed by atoms with van der Waals surface area (Å²) in [4.78, 5) is 28.0. The lowest BCUT2D eigenvalue weighted by atomic mass is 9.69. The summed E-state index contributed by atoms with van der Waals surface area (Å²) in [6, 6.07) is 0. The van der Waals surface area contributed by atoms with Crippen LogP contribution in [0, 0.1) is 0 Å². The van der Waals surface area contributed by atoms with Crippen molar-refractivity contribution in [3.05, 3.63) is 56.3 Å². The Morgan fingerprint density at radius 3 is 1.27 bits per heavy atom. The van der Waals surface area contributed by atoms with Crippen molar-refractivity contribution in [2.75, 3.05) is 0 Å². The monoisotopic (exact) mass is 378 g/mol. The van der Waals surface area contributed by atoms with E-state index in [0.717, 1.165) is 35.2 Å². The summed E-state index contributed by atoms with van der Waals surface area (Å²) < 4.78 is 0. The predicted octanol–water partition coefficient (Wildman–Crippen LogP) is 6.16. The summed E-state index contributed by atoms with van der Waals surface area (Å²) in [6.07, 6.45) is 16.0. The van der Waals surface area contributed by atoms with Crippen LogP contribution in [0.4, 0.5) is 0 Å². The van der Waals surface area contributed by atoms with E-state index in [1.54, 1.807) is 22.7 Å². The summed E-state index contributed by atoms with van der Waals surface area (Å²) in [6.45, 7) is 0. The SMILES string of the molecule is O=Cc1sc(-c2sc(C=O)c3c2C2C=CC3CC2)c2c1C1C=CC2CC1. The molecule has 0 radical (unpaired) electrons. The van der Waals surface area contributed by atoms with Crippen LogP contribution in [0.25, 0.3) is 9.75 Å². The third-order valence-corrected chi connectivity index (χ3v) is 9.11. The van der Waals surface area contributed by atoms with Gasteiger partial charge in [0.15, 0.2) is 12.6 Å². The highest BCUT2D eigenvalue weighted by Crippen LogP contribution is 2.59. The fourth-order valence-corrected chi connectivity index (χ4v) is 8.24. The summed E-state index contributed by atoms with van der Waals surface area (Å²) >= 11 is 3.32. The Balaban J connectivity index is 1.64. The summed E-state index contributed by atoms with van der Waals surface area (Å²) in [5.41, 5.74) is 5.35. The van der Waals surface area contributed by atoms with Gasteiger partial charge in [0.1, 0.15) is 0 Å². The second-order valence-electron chi connectivity index (χ2n) is 7.83. The number of thiophene rings is 2. The van der Waals surface area contributed by atoms with Gasteiger partial charge in [-0.2, -0.15) is 0 Å². The molecule has 0 spiro atoms. The third-order valence-electron chi connectivity index (χ3n) is 6.66. The maximum atomic E-state index is 11.8. The van der Waals surface area contributed by atoms with Crippen molar-refractivity contribution in [3.8, 4) is 9.75 Å². The van der Waals surface area contributed by atoms with Crippen molar-refractivity contribution in [1.82, 2.24) is 0 Å². The molecule has 2 aromatic rings. The van der Waals surface area contributed by atoms with Crippen molar-refractivity contribution < 1.29 is 9.59 Å². The van der Waals surface area contributed by atoms with Gasteiger partial charge in [0.2, 0.25) is 0 Å². The van der Waals surface area contributed by atoms with Gasteiger partial charge >= 0.3 is 0 Å². The standard InChI is InChI=1S/C22H18O2S2/c23-9-15-17-11-1-5-13(6-2-11)19(17)21(25-15)22-20-14-7-3-12(4-8-14)18(20)16(10-24)26-22/h1,3,5,7,9-14H,2,4,6,8H2. The average molecular weight is 379 g/mol. The summed E-state index contributed by atoms with van der Waals surface area (Å²) in [7, 11) is 0. The van der Waals surface area contributed by atoms with Crippen LogP contribution in [0.15, 0.2) is 24.3 Å². The van der Waals surface area contributed by atoms with Crippen molar-refractivity contribution in [2.45, 2.75) is 49.4 Å². The maximum Gasteiger partial charge on any atom is 0.160 e. The van der Waals surface area contributed by atoms with Crippen LogP contribution in [0.2, 0.25) is 0 Å². The van der Waals surface area contributed by atoms with Gasteiger partial charge in [-0.15, -0.1) is 22.7 Å². The number of hydrogen-bond donors (Lipinski definition) is 0. The quantitative estimate of drug-likeness (QED) is 0.473. The van der Waals surface area contributed by atoms with Gasteiger partial charge < -0.3 is 0 Å². The van der Waals surface area contributed by atoms with Gasteiger partial charge in [-0.05, 0) is 47.9 Å². The van der Waals surface area contributed by atoms with Crippen molar-refractivity contribution in [3.63, 3.8) is 0 Å². The maximum absolute atomic E-state index is 11.8. The Hall–Kier alpha value is -1.78. The second kappa shape index (κ2) is 5.37. The fourth-order valence-electron chi connectivity index (χ4n) is 5.57. The Bertz CT molecular complexity index is 937. The molecule has 2 aromatic heterocycles. The molecule has 0 aromatic carbocycles. The van der Waals surface area contributed by atoms with Crippen LogP contribution in [-0.2, 0) is 0 Å². The molecule has 2 nitrogen and oxygen atoms in total. The van der Waals surface area contributed by atoms with Gasteiger partial charge in [0.25, 0.3) is 0 Å². The van der Waals surface area contributed by atoms with Gasteiger partial charge in [-0.25, -0.2) is 0 Å². The van der Waals surface area contributed by atoms with E-state index in [-0.39, 0.29) is 0 Å². The first kappa shape index (κ1) is 15.3. The molecule has 8 rings (SSSR count). The smallest absolute Gasteiger partial charge is 0.160 e. The predicted molar refractivity (Wildman–Crippen MR) is 106 cm³/mol. The molecular formula is C22H18O2S2. The highest BCUT2D eigenvalue weighted by atomic mass is 32.1. The molecule has 26 heavy (non-hydrogen) atoms. The Morgan fingerprint density at radius 2 is 0.962 bits per heavy atom. The van der Waals surface area contributed by atoms with E-state index in [1.165, 1.54) is 44.8 Å². The molecule has 2 heterocycles. The number of rotatable bonds is 3. The number of fused-ring (bicyclic) bond motifs is 2. The molecule has 6 aliphatic carbocycles. The van der Waals surface area contributed by atoms with Crippen molar-refractivity contribution >= 4 is 35.2 Å². The van der Waals surface area contributed by atoms with E-state index < -0.39 is 0 Å². The van der Waals surface area contributed by atoms with E-state index in [0.29, 0.717) is 23.7 Å². The number of hydrogen-bond acceptors (Lipinski definition) is 4. The van der Waals surface area contributed by atoms with Crippen LogP contribution in [-0.4, -0.2) is 12.6 Å². The molecule has 0 fully saturated rings. The molecule has 4 heteroatoms. The lowest BCUT2D eigenvalue weighted by molar-refractivity contribution is 0.111. The second-order valence-corrected chi connectivity index (χ2v) is 9.94. The van der Waals surface area contributed by atoms with E-state index in [4.69, 9.17) is 0 Å². The molecule has 0 saturated carbocycles. The molecule has 6 aliphatic rings. The zero-order valence-corrected chi connectivity index (χ0v) is 15.9. The molecule has 130 valence electrons. The Morgan fingerprint density at radius 1 is 0.615 bits per heavy atom. The van der Waals surface area contributed by atoms with Gasteiger partial charge in [0.05, 0.1) is 9.75 Å². The zero-order valence-electron chi connectivity index (χ0n) is 14.2. The largest absolute Gasteiger partial charge is 0.297 e. The van der Waals surface area contributed by atoms with E-state index in [2.05, 4.69) is 24.3 Å². The first-order chi connectivity index (χ1) is 12.8. The number of carbonyl (C=O) groups is 2. The molecule has 0 aliphatic heterocycles. The highest BCUT2D eigenvalue weighted by molar-refractivity contribution is 7.24. The Labute approximate surface area is 160 Å². The molecule has 4 bridgehead atoms. The van der Waals surface area contributed by atoms with Crippen LogP contribution >= 0.6 is 22.7 Å². The first-order valence-electron chi connectivity index (χ1n) is 9.40. The minimum absolute atomic E-state index is 0.401. The Kier molecular flexibility index (Phi) is 3.16. The van der Waals surface area contributed by atoms with Crippen LogP contribution in [0.5, 0.6) is 0 Å². The summed E-state index contributed by atoms with van der Waals surface area (Å²) in [5.74, 6) is 1.67. The first-order valence-corrected chi connectivity index (χ1v) is 11.0. The highest BCUT2D eigenvalue weighted by Gasteiger charge is 2.40. The number of carbonyl (C=O) groups excluding carboxylic acids is 2. The van der Waals surface area contributed by atoms with Gasteiger partial charge in [0, 0.05) is 33.4 Å². The van der Waals surface area contributed by atoms with Gasteiger partial charge in [-0.3, -0.25) is 9.59 Å². The lowest BCUT2D eigenvalue weighted by Gasteiger charge is -2.34. The summed E-state index contributed by atoms with van der Waals surface area (Å²) in [5, 5.41) is 0. The zero-order chi connectivity index (χ0) is 17.4. The van der Waals surface area contributed by atoms with Gasteiger partial charge in [-0.1, -0.05) is 24.3 Å². The minimum Gasteiger partial charge on any atom is -0.297 e. The molecule has 4 unspecified atom stereocenters. The van der Waals surface area contributed by atoms with Crippen LogP contribution in [0.3, 0.4) is 0 Å². The van der Waals surface area contributed by atoms with Crippen LogP contribution in [0.1, 0.15) is 91.0 Å². The molecule has 0 amide bonds. The number of aldehydes is 2. The van der Waals surface area contributed by atoms with Crippen molar-refractivity contribution in [2.24, 2.45) is 0 Å². The minimum atomic E-state index is 0.401. The average Bonchev–Trinajstić information content (AvgIpc) is 3.31. The van der Waals surface area contributed by atoms with E-state index >= 15 is 0 Å². The lowest BCUT2D eigenvalue weighted by Crippen LogP contribution is -2.18. The molecule has 0 N–H and O–H groups in total. The number of allylic oxidation sites excluding steroid dienone is 4. The van der Waals surface area contributed by atoms with Crippen molar-refractivity contribution in [1.29, 1.82) is 0 Å². The van der Waals surface area contributed by atoms with Crippen LogP contribution < -0.4 is 0 Å². The topological polar surface area (TPSA) is 34.1 Å². The molecule has 4 atom stereocenters. The normalized spacial score (nSPS) is 29.7. The molecule has 0 saturated heterocycles. The van der Waals surface area contributed by atoms with E-state index in [1.807, 2.05) is 0 Å². The van der Waals surface area contributed by atoms with E-state index in [9.17, 15) is 9.59 Å². The fraction of sp³-hybridized carbons (Fsp3) is 0.364. The third kappa shape index (κ3) is 1.82. The molecular weight excluding hydrogens is 360 g/mol.